The van der Waals surface area contributed by atoms with Gasteiger partial charge in [-0.05, 0) is 14.0 Å². The number of nitrogens with zero attached hydrogens (tertiary/aromatic N) is 1. The highest BCUT2D eigenvalue weighted by atomic mass is 16.5. The highest BCUT2D eigenvalue weighted by molar-refractivity contribution is 5.76. The second-order valence-corrected chi connectivity index (χ2v) is 2.95. The van der Waals surface area contributed by atoms with Crippen LogP contribution >= 0.6 is 0 Å². The molecule has 1 N–H and O–H groups in total. The molecule has 1 atom stereocenters. The Kier molecular flexibility index (Phi) is 3.49. The van der Waals surface area contributed by atoms with Gasteiger partial charge in [0.05, 0.1) is 6.61 Å². The maximum atomic E-state index is 11.3. The Labute approximate surface area is 72.9 Å². The Morgan fingerprint density at radius 2 is 2.50 bits per heavy atom. The molecule has 0 aliphatic carbocycles. The molecule has 1 aliphatic rings. The van der Waals surface area contributed by atoms with Gasteiger partial charge in [-0.1, -0.05) is 0 Å². The number of carbonyl (C=O) groups excluding carboxylic acids is 1. The largest absolute Gasteiger partial charge is 0.465 e. The van der Waals surface area contributed by atoms with Crippen molar-refractivity contribution in [2.75, 3.05) is 33.3 Å². The second kappa shape index (κ2) is 4.42. The lowest BCUT2D eigenvalue weighted by Crippen LogP contribution is -2.53. The molecule has 1 saturated heterocycles. The summed E-state index contributed by atoms with van der Waals surface area (Å²) in [4.78, 5) is 13.3. The summed E-state index contributed by atoms with van der Waals surface area (Å²) in [5.41, 5.74) is 0. The molecule has 70 valence electrons. The maximum absolute atomic E-state index is 11.3. The molecule has 4 nitrogen and oxygen atoms in total. The zero-order valence-electron chi connectivity index (χ0n) is 7.67. The zero-order chi connectivity index (χ0) is 8.97. The minimum atomic E-state index is -0.118. The first-order valence-corrected chi connectivity index (χ1v) is 4.33. The van der Waals surface area contributed by atoms with Gasteiger partial charge in [-0.15, -0.1) is 0 Å². The molecule has 0 amide bonds. The number of piperazine rings is 1. The predicted octanol–water partition coefficient (Wildman–Crippen LogP) is -0.547. The van der Waals surface area contributed by atoms with Crippen molar-refractivity contribution in [3.8, 4) is 0 Å². The van der Waals surface area contributed by atoms with Crippen LogP contribution in [0.25, 0.3) is 0 Å². The van der Waals surface area contributed by atoms with Crippen LogP contribution in [0.3, 0.4) is 0 Å². The predicted molar refractivity (Wildman–Crippen MR) is 45.9 cm³/mol. The molecule has 0 aromatic carbocycles. The van der Waals surface area contributed by atoms with Gasteiger partial charge < -0.3 is 10.1 Å². The molecule has 12 heavy (non-hydrogen) atoms. The van der Waals surface area contributed by atoms with Crippen molar-refractivity contribution in [3.05, 3.63) is 0 Å². The van der Waals surface area contributed by atoms with Gasteiger partial charge in [-0.2, -0.15) is 0 Å². The van der Waals surface area contributed by atoms with Crippen LogP contribution in [0.1, 0.15) is 6.92 Å². The minimum Gasteiger partial charge on any atom is -0.465 e. The average molecular weight is 172 g/mol. The highest BCUT2D eigenvalue weighted by Crippen LogP contribution is 2.01. The van der Waals surface area contributed by atoms with Gasteiger partial charge in [-0.25, -0.2) is 0 Å². The van der Waals surface area contributed by atoms with Crippen LogP contribution in [0.15, 0.2) is 0 Å². The van der Waals surface area contributed by atoms with Crippen molar-refractivity contribution >= 4 is 5.97 Å². The van der Waals surface area contributed by atoms with E-state index >= 15 is 0 Å². The molecule has 0 unspecified atom stereocenters. The smallest absolute Gasteiger partial charge is 0.324 e. The minimum absolute atomic E-state index is 0.0984. The van der Waals surface area contributed by atoms with E-state index in [0.717, 1.165) is 13.1 Å². The van der Waals surface area contributed by atoms with Gasteiger partial charge in [0.25, 0.3) is 0 Å². The monoisotopic (exact) mass is 172 g/mol. The van der Waals surface area contributed by atoms with E-state index < -0.39 is 0 Å². The number of ether oxygens (including phenoxy) is 1. The number of hydrogen-bond donors (Lipinski definition) is 1. The summed E-state index contributed by atoms with van der Waals surface area (Å²) in [5.74, 6) is -0.118. The Balaban J connectivity index is 2.42. The summed E-state index contributed by atoms with van der Waals surface area (Å²) in [6.45, 7) is 4.85. The van der Waals surface area contributed by atoms with Crippen molar-refractivity contribution in [2.24, 2.45) is 0 Å². The lowest BCUT2D eigenvalue weighted by Gasteiger charge is -2.30. The number of nitrogens with one attached hydrogen (secondary N) is 1. The van der Waals surface area contributed by atoms with Crippen LogP contribution in [0.2, 0.25) is 0 Å². The molecule has 0 aromatic heterocycles. The van der Waals surface area contributed by atoms with E-state index in [9.17, 15) is 4.79 Å². The van der Waals surface area contributed by atoms with E-state index in [1.807, 2.05) is 18.9 Å². The zero-order valence-corrected chi connectivity index (χ0v) is 7.67. The number of rotatable bonds is 2. The molecule has 0 aromatic rings. The fourth-order valence-electron chi connectivity index (χ4n) is 1.31. The number of likely N-dealkylation sites (N-methyl/N-ethyl adjacent to an activating group) is 1. The Bertz CT molecular complexity index is 161. The summed E-state index contributed by atoms with van der Waals surface area (Å²) in [5, 5.41) is 3.16. The van der Waals surface area contributed by atoms with E-state index in [-0.39, 0.29) is 12.0 Å². The van der Waals surface area contributed by atoms with Gasteiger partial charge >= 0.3 is 5.97 Å². The van der Waals surface area contributed by atoms with Crippen LogP contribution < -0.4 is 5.32 Å². The van der Waals surface area contributed by atoms with Crippen LogP contribution in [0, 0.1) is 0 Å². The number of carbonyl (C=O) groups is 1. The van der Waals surface area contributed by atoms with E-state index in [1.165, 1.54) is 0 Å². The van der Waals surface area contributed by atoms with Gasteiger partial charge in [0.15, 0.2) is 0 Å². The van der Waals surface area contributed by atoms with E-state index in [0.29, 0.717) is 13.2 Å². The summed E-state index contributed by atoms with van der Waals surface area (Å²) in [7, 11) is 1.95. The van der Waals surface area contributed by atoms with Gasteiger partial charge in [0.2, 0.25) is 0 Å². The third-order valence-electron chi connectivity index (χ3n) is 2.07. The summed E-state index contributed by atoms with van der Waals surface area (Å²) < 4.78 is 4.93. The van der Waals surface area contributed by atoms with E-state index in [1.54, 1.807) is 0 Å². The molecule has 1 fully saturated rings. The third kappa shape index (κ3) is 2.19. The summed E-state index contributed by atoms with van der Waals surface area (Å²) in [6, 6.07) is -0.0984. The molecule has 0 spiro atoms. The molecule has 1 heterocycles. The molecule has 0 saturated carbocycles. The SMILES string of the molecule is CCOC(=O)[C@@H]1CNCCN1C. The topological polar surface area (TPSA) is 41.6 Å². The summed E-state index contributed by atoms with van der Waals surface area (Å²) in [6.07, 6.45) is 0. The van der Waals surface area contributed by atoms with E-state index in [2.05, 4.69) is 5.32 Å². The van der Waals surface area contributed by atoms with Gasteiger partial charge in [0, 0.05) is 19.6 Å². The molecule has 4 heteroatoms. The molecule has 1 rings (SSSR count). The number of esters is 1. The third-order valence-corrected chi connectivity index (χ3v) is 2.07. The van der Waals surface area contributed by atoms with Crippen molar-refractivity contribution in [2.45, 2.75) is 13.0 Å². The quantitative estimate of drug-likeness (QED) is 0.568. The first-order valence-electron chi connectivity index (χ1n) is 4.33. The lowest BCUT2D eigenvalue weighted by molar-refractivity contribution is -0.149. The lowest BCUT2D eigenvalue weighted by atomic mass is 10.2. The van der Waals surface area contributed by atoms with Crippen molar-refractivity contribution in [1.82, 2.24) is 10.2 Å². The number of hydrogen-bond acceptors (Lipinski definition) is 4. The van der Waals surface area contributed by atoms with Crippen molar-refractivity contribution in [1.29, 1.82) is 0 Å². The fraction of sp³-hybridized carbons (Fsp3) is 0.875. The normalized spacial score (nSPS) is 25.3. The summed E-state index contributed by atoms with van der Waals surface area (Å²) >= 11 is 0. The molecule has 1 aliphatic heterocycles. The van der Waals surface area contributed by atoms with Crippen LogP contribution in [0.4, 0.5) is 0 Å². The molecule has 0 bridgehead atoms. The highest BCUT2D eigenvalue weighted by Gasteiger charge is 2.26. The van der Waals surface area contributed by atoms with Gasteiger partial charge in [-0.3, -0.25) is 9.69 Å². The maximum Gasteiger partial charge on any atom is 0.324 e. The van der Waals surface area contributed by atoms with Gasteiger partial charge in [0.1, 0.15) is 6.04 Å². The first kappa shape index (κ1) is 9.48. The molecule has 0 radical (unpaired) electrons. The first-order chi connectivity index (χ1) is 5.75. The fourth-order valence-corrected chi connectivity index (χ4v) is 1.31. The van der Waals surface area contributed by atoms with Crippen LogP contribution in [-0.4, -0.2) is 50.2 Å². The van der Waals surface area contributed by atoms with E-state index in [4.69, 9.17) is 4.74 Å². The molecular formula is C8H16N2O2. The van der Waals surface area contributed by atoms with Crippen LogP contribution in [0.5, 0.6) is 0 Å². The molecular weight excluding hydrogens is 156 g/mol. The van der Waals surface area contributed by atoms with Crippen molar-refractivity contribution in [3.63, 3.8) is 0 Å². The van der Waals surface area contributed by atoms with Crippen molar-refractivity contribution < 1.29 is 9.53 Å². The second-order valence-electron chi connectivity index (χ2n) is 2.95. The Hall–Kier alpha value is -0.610. The van der Waals surface area contributed by atoms with Crippen LogP contribution in [-0.2, 0) is 9.53 Å². The Morgan fingerprint density at radius 3 is 3.08 bits per heavy atom. The standard InChI is InChI=1S/C8H16N2O2/c1-3-12-8(11)7-6-9-4-5-10(7)2/h7,9H,3-6H2,1-2H3/t7-/m0/s1. The Morgan fingerprint density at radius 1 is 1.75 bits per heavy atom. The average Bonchev–Trinajstić information content (AvgIpc) is 2.05.